The average molecular weight is 311 g/mol. The number of ether oxygens (including phenoxy) is 2. The standard InChI is InChI=1S/C13H17N3O6/c1-8(17)15(12(18)22-13(2,3)4)10-6-9(16(19)20)7-14-11(10)21-5/h6-7H,1-5H3. The first-order chi connectivity index (χ1) is 10.1. The highest BCUT2D eigenvalue weighted by Crippen LogP contribution is 2.31. The van der Waals surface area contributed by atoms with Crippen molar-refractivity contribution in [2.45, 2.75) is 33.3 Å². The molecule has 0 aromatic carbocycles. The minimum atomic E-state index is -0.972. The Morgan fingerprint density at radius 3 is 2.36 bits per heavy atom. The SMILES string of the molecule is COc1ncc([N+](=O)[O-])cc1N(C(C)=O)C(=O)OC(C)(C)C. The molecule has 22 heavy (non-hydrogen) atoms. The molecule has 120 valence electrons. The second kappa shape index (κ2) is 6.37. The molecule has 0 radical (unpaired) electrons. The lowest BCUT2D eigenvalue weighted by molar-refractivity contribution is -0.385. The molecule has 2 amide bonds. The summed E-state index contributed by atoms with van der Waals surface area (Å²) in [6, 6.07) is 1.02. The van der Waals surface area contributed by atoms with E-state index in [1.54, 1.807) is 20.8 Å². The van der Waals surface area contributed by atoms with Crippen LogP contribution in [0.15, 0.2) is 12.3 Å². The van der Waals surface area contributed by atoms with Crippen LogP contribution in [0, 0.1) is 10.1 Å². The molecule has 0 saturated carbocycles. The Bertz CT molecular complexity index is 608. The summed E-state index contributed by atoms with van der Waals surface area (Å²) in [6.07, 6.45) is -0.00367. The molecule has 0 bridgehead atoms. The van der Waals surface area contributed by atoms with Gasteiger partial charge in [-0.2, -0.15) is 0 Å². The van der Waals surface area contributed by atoms with Crippen LogP contribution in [0.3, 0.4) is 0 Å². The Labute approximate surface area is 127 Å². The number of anilines is 1. The van der Waals surface area contributed by atoms with Gasteiger partial charge in [0.15, 0.2) is 0 Å². The molecule has 1 heterocycles. The number of imide groups is 1. The average Bonchev–Trinajstić information content (AvgIpc) is 2.35. The molecule has 0 aliphatic rings. The number of carbonyl (C=O) groups is 2. The van der Waals surface area contributed by atoms with Crippen molar-refractivity contribution in [3.05, 3.63) is 22.4 Å². The van der Waals surface area contributed by atoms with E-state index in [1.807, 2.05) is 0 Å². The highest BCUT2D eigenvalue weighted by Gasteiger charge is 2.30. The van der Waals surface area contributed by atoms with E-state index >= 15 is 0 Å². The zero-order valence-corrected chi connectivity index (χ0v) is 12.9. The molecule has 0 saturated heterocycles. The molecule has 1 aromatic rings. The Kier molecular flexibility index (Phi) is 5.02. The quantitative estimate of drug-likeness (QED) is 0.621. The Balaban J connectivity index is 3.37. The molecule has 9 heteroatoms. The van der Waals surface area contributed by atoms with Gasteiger partial charge in [-0.25, -0.2) is 14.7 Å². The van der Waals surface area contributed by atoms with E-state index in [2.05, 4.69) is 4.98 Å². The maximum Gasteiger partial charge on any atom is 0.421 e. The highest BCUT2D eigenvalue weighted by atomic mass is 16.6. The Hall–Kier alpha value is -2.71. The number of pyridine rings is 1. The Morgan fingerprint density at radius 1 is 1.36 bits per heavy atom. The number of hydrogen-bond acceptors (Lipinski definition) is 7. The van der Waals surface area contributed by atoms with Crippen molar-refractivity contribution in [1.82, 2.24) is 4.98 Å². The predicted molar refractivity (Wildman–Crippen MR) is 76.8 cm³/mol. The van der Waals surface area contributed by atoms with Crippen LogP contribution < -0.4 is 9.64 Å². The van der Waals surface area contributed by atoms with Crippen LogP contribution in [0.2, 0.25) is 0 Å². The smallest absolute Gasteiger partial charge is 0.421 e. The topological polar surface area (TPSA) is 112 Å². The van der Waals surface area contributed by atoms with Gasteiger partial charge in [-0.15, -0.1) is 0 Å². The van der Waals surface area contributed by atoms with Gasteiger partial charge in [-0.1, -0.05) is 0 Å². The van der Waals surface area contributed by atoms with Crippen molar-refractivity contribution in [1.29, 1.82) is 0 Å². The fourth-order valence-electron chi connectivity index (χ4n) is 1.55. The van der Waals surface area contributed by atoms with E-state index in [0.29, 0.717) is 4.90 Å². The fraction of sp³-hybridized carbons (Fsp3) is 0.462. The number of methoxy groups -OCH3 is 1. The number of hydrogen-bond donors (Lipinski definition) is 0. The molecule has 1 rings (SSSR count). The summed E-state index contributed by atoms with van der Waals surface area (Å²) in [5.41, 5.74) is -1.38. The van der Waals surface area contributed by atoms with Gasteiger partial charge in [0.05, 0.1) is 12.0 Å². The van der Waals surface area contributed by atoms with Crippen molar-refractivity contribution in [3.8, 4) is 5.88 Å². The van der Waals surface area contributed by atoms with Gasteiger partial charge in [0.25, 0.3) is 5.69 Å². The maximum absolute atomic E-state index is 12.2. The number of aromatic nitrogens is 1. The van der Waals surface area contributed by atoms with Crippen molar-refractivity contribution in [3.63, 3.8) is 0 Å². The van der Waals surface area contributed by atoms with Gasteiger partial charge in [-0.3, -0.25) is 14.9 Å². The number of rotatable bonds is 3. The van der Waals surface area contributed by atoms with E-state index in [1.165, 1.54) is 7.11 Å². The molecule has 0 spiro atoms. The summed E-state index contributed by atoms with van der Waals surface area (Å²) in [5.74, 6) is -0.790. The van der Waals surface area contributed by atoms with E-state index in [-0.39, 0.29) is 17.3 Å². The third-order valence-electron chi connectivity index (χ3n) is 2.35. The number of carbonyl (C=O) groups excluding carboxylic acids is 2. The molecule has 0 aliphatic heterocycles. The van der Waals surface area contributed by atoms with Gasteiger partial charge in [0.1, 0.15) is 17.5 Å². The first-order valence-electron chi connectivity index (χ1n) is 6.29. The zero-order valence-electron chi connectivity index (χ0n) is 12.9. The second-order valence-corrected chi connectivity index (χ2v) is 5.31. The summed E-state index contributed by atoms with van der Waals surface area (Å²) in [4.78, 5) is 38.5. The molecular weight excluding hydrogens is 294 g/mol. The van der Waals surface area contributed by atoms with Gasteiger partial charge in [0.2, 0.25) is 11.8 Å². The van der Waals surface area contributed by atoms with Crippen LogP contribution in [0.1, 0.15) is 27.7 Å². The molecule has 0 fully saturated rings. The molecule has 0 N–H and O–H groups in total. The monoisotopic (exact) mass is 311 g/mol. The van der Waals surface area contributed by atoms with Crippen LogP contribution in [0.4, 0.5) is 16.2 Å². The van der Waals surface area contributed by atoms with E-state index in [0.717, 1.165) is 19.2 Å². The third-order valence-corrected chi connectivity index (χ3v) is 2.35. The van der Waals surface area contributed by atoms with Crippen LogP contribution in [0.25, 0.3) is 0 Å². The lowest BCUT2D eigenvalue weighted by Crippen LogP contribution is -2.40. The molecule has 0 aliphatic carbocycles. The number of amides is 2. The summed E-state index contributed by atoms with van der Waals surface area (Å²) < 4.78 is 10.1. The molecule has 1 aromatic heterocycles. The van der Waals surface area contributed by atoms with Crippen LogP contribution >= 0.6 is 0 Å². The van der Waals surface area contributed by atoms with Crippen LogP contribution in [0.5, 0.6) is 5.88 Å². The van der Waals surface area contributed by atoms with Crippen LogP contribution in [-0.2, 0) is 9.53 Å². The molecule has 9 nitrogen and oxygen atoms in total. The minimum Gasteiger partial charge on any atom is -0.479 e. The van der Waals surface area contributed by atoms with Crippen LogP contribution in [-0.4, -0.2) is 34.6 Å². The number of nitrogens with zero attached hydrogens (tertiary/aromatic N) is 3. The van der Waals surface area contributed by atoms with Crippen molar-refractivity contribution in [2.24, 2.45) is 0 Å². The molecule has 0 unspecified atom stereocenters. The van der Waals surface area contributed by atoms with Crippen molar-refractivity contribution < 1.29 is 24.0 Å². The first kappa shape index (κ1) is 17.3. The minimum absolute atomic E-state index is 0.105. The normalized spacial score (nSPS) is 10.8. The predicted octanol–water partition coefficient (Wildman–Crippen LogP) is 2.29. The summed E-state index contributed by atoms with van der Waals surface area (Å²) >= 11 is 0. The van der Waals surface area contributed by atoms with E-state index in [4.69, 9.17) is 9.47 Å². The molecule has 0 atom stereocenters. The largest absolute Gasteiger partial charge is 0.479 e. The number of nitro groups is 1. The first-order valence-corrected chi connectivity index (χ1v) is 6.29. The molecular formula is C13H17N3O6. The van der Waals surface area contributed by atoms with Gasteiger partial charge in [0, 0.05) is 13.0 Å². The van der Waals surface area contributed by atoms with Crippen molar-refractivity contribution >= 4 is 23.4 Å². The summed E-state index contributed by atoms with van der Waals surface area (Å²) in [5, 5.41) is 10.8. The third kappa shape index (κ3) is 4.14. The Morgan fingerprint density at radius 2 is 1.95 bits per heavy atom. The lowest BCUT2D eigenvalue weighted by atomic mass is 10.2. The lowest BCUT2D eigenvalue weighted by Gasteiger charge is -2.25. The highest BCUT2D eigenvalue weighted by molar-refractivity contribution is 6.12. The fourth-order valence-corrected chi connectivity index (χ4v) is 1.55. The van der Waals surface area contributed by atoms with E-state index in [9.17, 15) is 19.7 Å². The van der Waals surface area contributed by atoms with Gasteiger partial charge < -0.3 is 9.47 Å². The second-order valence-electron chi connectivity index (χ2n) is 5.31. The van der Waals surface area contributed by atoms with Gasteiger partial charge in [-0.05, 0) is 20.8 Å². The summed E-state index contributed by atoms with van der Waals surface area (Å²) in [6.45, 7) is 6.02. The van der Waals surface area contributed by atoms with E-state index < -0.39 is 22.5 Å². The van der Waals surface area contributed by atoms with Gasteiger partial charge >= 0.3 is 6.09 Å². The maximum atomic E-state index is 12.2. The van der Waals surface area contributed by atoms with Crippen molar-refractivity contribution in [2.75, 3.05) is 12.0 Å². The summed E-state index contributed by atoms with van der Waals surface area (Å²) in [7, 11) is 1.27. The zero-order chi connectivity index (χ0) is 17.1.